The first-order valence-electron chi connectivity index (χ1n) is 6.67. The molecule has 0 aliphatic heterocycles. The Hall–Kier alpha value is -1.46. The largest absolute Gasteiger partial charge is 0.223 e. The van der Waals surface area contributed by atoms with E-state index >= 15 is 0 Å². The Balaban J connectivity index is 2.17. The van der Waals surface area contributed by atoms with Gasteiger partial charge in [0, 0.05) is 10.6 Å². The highest BCUT2D eigenvalue weighted by atomic mass is 35.5. The second-order valence-electron chi connectivity index (χ2n) is 5.21. The summed E-state index contributed by atoms with van der Waals surface area (Å²) in [5.74, 6) is -1.39. The average molecular weight is 342 g/mol. The van der Waals surface area contributed by atoms with Crippen LogP contribution in [0.4, 0.5) is 8.78 Å². The molecule has 1 aliphatic rings. The van der Waals surface area contributed by atoms with Crippen LogP contribution in [0.25, 0.3) is 0 Å². The molecule has 0 heterocycles. The maximum absolute atomic E-state index is 14.1. The van der Waals surface area contributed by atoms with E-state index in [1.54, 1.807) is 0 Å². The van der Waals surface area contributed by atoms with Crippen LogP contribution in [0.5, 0.6) is 0 Å². The van der Waals surface area contributed by atoms with Crippen molar-refractivity contribution in [2.45, 2.75) is 22.5 Å². The second-order valence-corrected chi connectivity index (χ2v) is 7.86. The third-order valence-electron chi connectivity index (χ3n) is 3.98. The molecule has 2 nitrogen and oxygen atoms in total. The Bertz CT molecular complexity index is 813. The predicted molar refractivity (Wildman–Crippen MR) is 80.2 cm³/mol. The standard InChI is InChI=1S/C16H12ClF2O2S/c17-11-2-5-13(6-3-11)22(20,21)16(8-1-9-16)14-10-12(18)4-7-15(14)19/h2-8,10H,1,9H2. The van der Waals surface area contributed by atoms with Gasteiger partial charge in [0.2, 0.25) is 0 Å². The smallest absolute Gasteiger partial charge is 0.188 e. The van der Waals surface area contributed by atoms with Crippen molar-refractivity contribution in [3.63, 3.8) is 0 Å². The van der Waals surface area contributed by atoms with Crippen molar-refractivity contribution in [3.05, 3.63) is 71.1 Å². The van der Waals surface area contributed by atoms with E-state index < -0.39 is 26.2 Å². The zero-order chi connectivity index (χ0) is 16.0. The lowest BCUT2D eigenvalue weighted by molar-refractivity contribution is 0.428. The van der Waals surface area contributed by atoms with E-state index in [-0.39, 0.29) is 16.9 Å². The maximum atomic E-state index is 14.1. The summed E-state index contributed by atoms with van der Waals surface area (Å²) in [7, 11) is -3.89. The summed E-state index contributed by atoms with van der Waals surface area (Å²) in [5, 5.41) is 0.405. The minimum Gasteiger partial charge on any atom is -0.223 e. The minimum atomic E-state index is -3.89. The summed E-state index contributed by atoms with van der Waals surface area (Å²) in [6, 6.07) is 8.56. The molecule has 3 rings (SSSR count). The second kappa shape index (κ2) is 5.32. The molecule has 115 valence electrons. The van der Waals surface area contributed by atoms with E-state index in [4.69, 9.17) is 11.6 Å². The zero-order valence-corrected chi connectivity index (χ0v) is 13.0. The van der Waals surface area contributed by atoms with Gasteiger partial charge in [0.25, 0.3) is 0 Å². The van der Waals surface area contributed by atoms with Gasteiger partial charge in [-0.1, -0.05) is 11.6 Å². The lowest BCUT2D eigenvalue weighted by Gasteiger charge is -2.41. The van der Waals surface area contributed by atoms with Crippen molar-refractivity contribution >= 4 is 21.4 Å². The van der Waals surface area contributed by atoms with Crippen LogP contribution in [-0.2, 0) is 14.6 Å². The highest BCUT2D eigenvalue weighted by Crippen LogP contribution is 2.50. The normalized spacial score (nSPS) is 17.0. The molecule has 0 amide bonds. The van der Waals surface area contributed by atoms with Gasteiger partial charge in [0.05, 0.1) is 4.90 Å². The first-order chi connectivity index (χ1) is 10.4. The highest BCUT2D eigenvalue weighted by Gasteiger charge is 2.52. The molecule has 0 bridgehead atoms. The van der Waals surface area contributed by atoms with Crippen LogP contribution in [0.2, 0.25) is 5.02 Å². The molecular formula is C16H12ClF2O2S. The summed E-state index contributed by atoms with van der Waals surface area (Å²) in [4.78, 5) is 0.0384. The average Bonchev–Trinajstić information content (AvgIpc) is 2.41. The minimum absolute atomic E-state index is 0.0384. The third kappa shape index (κ3) is 2.23. The van der Waals surface area contributed by atoms with Crippen molar-refractivity contribution in [2.24, 2.45) is 0 Å². The maximum Gasteiger partial charge on any atom is 0.188 e. The summed E-state index contributed by atoms with van der Waals surface area (Å²) in [5.41, 5.74) is -0.145. The molecule has 0 N–H and O–H groups in total. The van der Waals surface area contributed by atoms with Crippen molar-refractivity contribution in [2.75, 3.05) is 0 Å². The fraction of sp³-hybridized carbons (Fsp3) is 0.188. The predicted octanol–water partition coefficient (Wildman–Crippen LogP) is 4.29. The first-order valence-corrected chi connectivity index (χ1v) is 8.53. The topological polar surface area (TPSA) is 34.1 Å². The molecule has 1 radical (unpaired) electrons. The van der Waals surface area contributed by atoms with E-state index in [9.17, 15) is 17.2 Å². The zero-order valence-electron chi connectivity index (χ0n) is 11.4. The number of hydrogen-bond donors (Lipinski definition) is 0. The number of hydrogen-bond acceptors (Lipinski definition) is 2. The van der Waals surface area contributed by atoms with E-state index in [1.807, 2.05) is 0 Å². The SMILES string of the molecule is O=S(=O)(c1ccc(Cl)cc1)C1(c2cc(F)ccc2F)[CH]CC1. The monoisotopic (exact) mass is 341 g/mol. The Kier molecular flexibility index (Phi) is 3.73. The summed E-state index contributed by atoms with van der Waals surface area (Å²) in [6.45, 7) is 0. The van der Waals surface area contributed by atoms with Crippen LogP contribution in [0.1, 0.15) is 18.4 Å². The molecule has 2 aromatic rings. The van der Waals surface area contributed by atoms with Gasteiger partial charge < -0.3 is 0 Å². The van der Waals surface area contributed by atoms with E-state index in [2.05, 4.69) is 0 Å². The Morgan fingerprint density at radius 2 is 1.68 bits per heavy atom. The Morgan fingerprint density at radius 1 is 1.05 bits per heavy atom. The Labute approximate surface area is 132 Å². The van der Waals surface area contributed by atoms with Gasteiger partial charge in [-0.3, -0.25) is 0 Å². The van der Waals surface area contributed by atoms with Crippen molar-refractivity contribution in [3.8, 4) is 0 Å². The molecule has 0 saturated heterocycles. The molecular weight excluding hydrogens is 330 g/mol. The van der Waals surface area contributed by atoms with Crippen LogP contribution in [0, 0.1) is 18.1 Å². The number of sulfone groups is 1. The van der Waals surface area contributed by atoms with Crippen LogP contribution < -0.4 is 0 Å². The van der Waals surface area contributed by atoms with Crippen molar-refractivity contribution < 1.29 is 17.2 Å². The van der Waals surface area contributed by atoms with Crippen LogP contribution >= 0.6 is 11.6 Å². The van der Waals surface area contributed by atoms with E-state index in [1.165, 1.54) is 30.7 Å². The van der Waals surface area contributed by atoms with Crippen molar-refractivity contribution in [1.82, 2.24) is 0 Å². The number of rotatable bonds is 3. The van der Waals surface area contributed by atoms with Gasteiger partial charge in [0.1, 0.15) is 16.4 Å². The molecule has 0 spiro atoms. The van der Waals surface area contributed by atoms with Gasteiger partial charge in [-0.25, -0.2) is 17.2 Å². The molecule has 1 fully saturated rings. The number of halogens is 3. The van der Waals surface area contributed by atoms with Gasteiger partial charge in [0.15, 0.2) is 9.84 Å². The summed E-state index contributed by atoms with van der Waals surface area (Å²) in [6.07, 6.45) is 2.27. The summed E-state index contributed by atoms with van der Waals surface area (Å²) < 4.78 is 52.0. The molecule has 1 saturated carbocycles. The molecule has 1 unspecified atom stereocenters. The lowest BCUT2D eigenvalue weighted by atomic mass is 9.78. The molecule has 2 aromatic carbocycles. The van der Waals surface area contributed by atoms with Crippen LogP contribution in [0.3, 0.4) is 0 Å². The quantitative estimate of drug-likeness (QED) is 0.834. The molecule has 6 heteroatoms. The fourth-order valence-electron chi connectivity index (χ4n) is 2.69. The van der Waals surface area contributed by atoms with Gasteiger partial charge in [-0.05, 0) is 61.7 Å². The van der Waals surface area contributed by atoms with Gasteiger partial charge in [-0.15, -0.1) is 0 Å². The van der Waals surface area contributed by atoms with Gasteiger partial charge >= 0.3 is 0 Å². The number of benzene rings is 2. The van der Waals surface area contributed by atoms with Crippen LogP contribution in [-0.4, -0.2) is 8.42 Å². The Morgan fingerprint density at radius 3 is 2.23 bits per heavy atom. The molecule has 22 heavy (non-hydrogen) atoms. The lowest BCUT2D eigenvalue weighted by Crippen LogP contribution is -2.43. The molecule has 1 aliphatic carbocycles. The van der Waals surface area contributed by atoms with Gasteiger partial charge in [-0.2, -0.15) is 0 Å². The highest BCUT2D eigenvalue weighted by molar-refractivity contribution is 7.92. The van der Waals surface area contributed by atoms with Crippen molar-refractivity contribution in [1.29, 1.82) is 0 Å². The first kappa shape index (κ1) is 15.4. The summed E-state index contributed by atoms with van der Waals surface area (Å²) >= 11 is 5.77. The third-order valence-corrected chi connectivity index (χ3v) is 6.67. The molecule has 0 aromatic heterocycles. The van der Waals surface area contributed by atoms with E-state index in [0.717, 1.165) is 18.2 Å². The fourth-order valence-corrected chi connectivity index (χ4v) is 4.90. The molecule has 1 atom stereocenters. The van der Waals surface area contributed by atoms with E-state index in [0.29, 0.717) is 11.4 Å². The van der Waals surface area contributed by atoms with Crippen LogP contribution in [0.15, 0.2) is 47.4 Å².